The number of nitrogens with one attached hydrogen (secondary N) is 1. The standard InChI is InChI=1S/C17H19N3O3/c1-10-8-14(19-23-10)15-6-3-7-20(15)17(22)12-9-11-4-2-5-13(11)18-16(12)21/h8-9,15H,2-7H2,1H3,(H,18,21)/t15-/m1/s1. The average Bonchev–Trinajstić information content (AvgIpc) is 3.24. The van der Waals surface area contributed by atoms with Crippen molar-refractivity contribution in [2.75, 3.05) is 6.54 Å². The molecule has 2 aromatic heterocycles. The minimum Gasteiger partial charge on any atom is -0.361 e. The Balaban J connectivity index is 1.67. The van der Waals surface area contributed by atoms with E-state index in [-0.39, 0.29) is 23.1 Å². The zero-order chi connectivity index (χ0) is 16.0. The first-order valence-electron chi connectivity index (χ1n) is 8.13. The third-order valence-electron chi connectivity index (χ3n) is 4.82. The Morgan fingerprint density at radius 2 is 2.22 bits per heavy atom. The first-order valence-corrected chi connectivity index (χ1v) is 8.13. The monoisotopic (exact) mass is 313 g/mol. The van der Waals surface area contributed by atoms with Crippen molar-refractivity contribution in [1.82, 2.24) is 15.0 Å². The van der Waals surface area contributed by atoms with Crippen molar-refractivity contribution in [2.45, 2.75) is 45.1 Å². The predicted octanol–water partition coefficient (Wildman–Crippen LogP) is 2.14. The van der Waals surface area contributed by atoms with Crippen LogP contribution in [0.2, 0.25) is 0 Å². The van der Waals surface area contributed by atoms with Gasteiger partial charge >= 0.3 is 0 Å². The molecule has 3 heterocycles. The zero-order valence-corrected chi connectivity index (χ0v) is 13.1. The number of aromatic amines is 1. The molecule has 0 spiro atoms. The molecule has 120 valence electrons. The number of carbonyl (C=O) groups is 1. The fraction of sp³-hybridized carbons (Fsp3) is 0.471. The van der Waals surface area contributed by atoms with E-state index in [0.717, 1.165) is 54.8 Å². The third kappa shape index (κ3) is 2.38. The highest BCUT2D eigenvalue weighted by molar-refractivity contribution is 5.94. The number of aromatic nitrogens is 2. The third-order valence-corrected chi connectivity index (χ3v) is 4.82. The number of pyridine rings is 1. The Kier molecular flexibility index (Phi) is 3.32. The van der Waals surface area contributed by atoms with E-state index in [0.29, 0.717) is 6.54 Å². The summed E-state index contributed by atoms with van der Waals surface area (Å²) in [6.07, 6.45) is 4.61. The lowest BCUT2D eigenvalue weighted by Crippen LogP contribution is -2.35. The first-order chi connectivity index (χ1) is 11.1. The number of fused-ring (bicyclic) bond motifs is 1. The number of H-pyrrole nitrogens is 1. The van der Waals surface area contributed by atoms with E-state index in [9.17, 15) is 9.59 Å². The van der Waals surface area contributed by atoms with Crippen LogP contribution in [0.3, 0.4) is 0 Å². The van der Waals surface area contributed by atoms with Gasteiger partial charge in [-0.25, -0.2) is 0 Å². The normalized spacial score (nSPS) is 20.0. The smallest absolute Gasteiger partial charge is 0.261 e. The van der Waals surface area contributed by atoms with E-state index in [1.54, 1.807) is 11.0 Å². The van der Waals surface area contributed by atoms with Crippen LogP contribution in [0.25, 0.3) is 0 Å². The molecular weight excluding hydrogens is 294 g/mol. The van der Waals surface area contributed by atoms with Crippen LogP contribution in [0, 0.1) is 6.92 Å². The van der Waals surface area contributed by atoms with Gasteiger partial charge in [-0.05, 0) is 50.7 Å². The lowest BCUT2D eigenvalue weighted by molar-refractivity contribution is 0.0729. The van der Waals surface area contributed by atoms with E-state index >= 15 is 0 Å². The van der Waals surface area contributed by atoms with Gasteiger partial charge in [0, 0.05) is 18.3 Å². The molecule has 0 bridgehead atoms. The lowest BCUT2D eigenvalue weighted by Gasteiger charge is -2.23. The zero-order valence-electron chi connectivity index (χ0n) is 13.1. The summed E-state index contributed by atoms with van der Waals surface area (Å²) in [5.41, 5.74) is 2.82. The summed E-state index contributed by atoms with van der Waals surface area (Å²) in [7, 11) is 0. The largest absolute Gasteiger partial charge is 0.361 e. The van der Waals surface area contributed by atoms with Crippen molar-refractivity contribution in [3.05, 3.63) is 50.8 Å². The maximum Gasteiger partial charge on any atom is 0.261 e. The van der Waals surface area contributed by atoms with Crippen molar-refractivity contribution in [3.63, 3.8) is 0 Å². The maximum atomic E-state index is 12.9. The Bertz CT molecular complexity index is 821. The second-order valence-electron chi connectivity index (χ2n) is 6.39. The highest BCUT2D eigenvalue weighted by Gasteiger charge is 2.34. The number of amides is 1. The Morgan fingerprint density at radius 1 is 1.35 bits per heavy atom. The van der Waals surface area contributed by atoms with E-state index in [1.165, 1.54) is 0 Å². The van der Waals surface area contributed by atoms with Crippen molar-refractivity contribution in [3.8, 4) is 0 Å². The highest BCUT2D eigenvalue weighted by Crippen LogP contribution is 2.32. The summed E-state index contributed by atoms with van der Waals surface area (Å²) in [5, 5.41) is 4.05. The van der Waals surface area contributed by atoms with Gasteiger partial charge in [0.15, 0.2) is 0 Å². The quantitative estimate of drug-likeness (QED) is 0.921. The second kappa shape index (κ2) is 5.37. The fourth-order valence-corrected chi connectivity index (χ4v) is 3.69. The minimum atomic E-state index is -0.280. The highest BCUT2D eigenvalue weighted by atomic mass is 16.5. The van der Waals surface area contributed by atoms with E-state index in [1.807, 2.05) is 13.0 Å². The Morgan fingerprint density at radius 3 is 3.00 bits per heavy atom. The summed E-state index contributed by atoms with van der Waals surface area (Å²) in [6, 6.07) is 3.54. The molecule has 1 aliphatic heterocycles. The molecule has 2 aliphatic rings. The molecule has 1 amide bonds. The summed E-state index contributed by atoms with van der Waals surface area (Å²) >= 11 is 0. The summed E-state index contributed by atoms with van der Waals surface area (Å²) in [5.74, 6) is 0.527. The molecule has 0 unspecified atom stereocenters. The fourth-order valence-electron chi connectivity index (χ4n) is 3.69. The van der Waals surface area contributed by atoms with Gasteiger partial charge in [-0.2, -0.15) is 0 Å². The number of aryl methyl sites for hydroxylation is 3. The molecule has 1 atom stereocenters. The number of hydrogen-bond donors (Lipinski definition) is 1. The summed E-state index contributed by atoms with van der Waals surface area (Å²) in [6.45, 7) is 2.48. The molecule has 2 aromatic rings. The van der Waals surface area contributed by atoms with Crippen molar-refractivity contribution in [1.29, 1.82) is 0 Å². The van der Waals surface area contributed by atoms with Crippen LogP contribution in [0.1, 0.15) is 58.4 Å². The van der Waals surface area contributed by atoms with Gasteiger partial charge in [-0.3, -0.25) is 9.59 Å². The van der Waals surface area contributed by atoms with Crippen LogP contribution < -0.4 is 5.56 Å². The Hall–Kier alpha value is -2.37. The second-order valence-corrected chi connectivity index (χ2v) is 6.39. The molecule has 6 heteroatoms. The van der Waals surface area contributed by atoms with Crippen molar-refractivity contribution >= 4 is 5.91 Å². The van der Waals surface area contributed by atoms with Crippen LogP contribution in [-0.4, -0.2) is 27.5 Å². The molecular formula is C17H19N3O3. The number of rotatable bonds is 2. The molecule has 6 nitrogen and oxygen atoms in total. The molecule has 4 rings (SSSR count). The van der Waals surface area contributed by atoms with Crippen LogP contribution >= 0.6 is 0 Å². The molecule has 1 N–H and O–H groups in total. The maximum absolute atomic E-state index is 12.9. The van der Waals surface area contributed by atoms with Gasteiger partial charge in [0.1, 0.15) is 17.0 Å². The molecule has 1 saturated heterocycles. The van der Waals surface area contributed by atoms with Gasteiger partial charge in [0.2, 0.25) is 0 Å². The van der Waals surface area contributed by atoms with Gasteiger partial charge in [0.25, 0.3) is 11.5 Å². The van der Waals surface area contributed by atoms with E-state index in [2.05, 4.69) is 10.1 Å². The van der Waals surface area contributed by atoms with Crippen molar-refractivity contribution < 1.29 is 9.32 Å². The lowest BCUT2D eigenvalue weighted by atomic mass is 10.1. The van der Waals surface area contributed by atoms with Crippen LogP contribution in [0.5, 0.6) is 0 Å². The van der Waals surface area contributed by atoms with Gasteiger partial charge < -0.3 is 14.4 Å². The SMILES string of the molecule is Cc1cc([C@H]2CCCN2C(=O)c2cc3c([nH]c2=O)CCC3)no1. The summed E-state index contributed by atoms with van der Waals surface area (Å²) in [4.78, 5) is 29.8. The first kappa shape index (κ1) is 14.2. The number of likely N-dealkylation sites (tertiary alicyclic amines) is 1. The predicted molar refractivity (Wildman–Crippen MR) is 83.3 cm³/mol. The Labute approximate surface area is 133 Å². The minimum absolute atomic E-state index is 0.104. The molecule has 0 saturated carbocycles. The topological polar surface area (TPSA) is 79.2 Å². The van der Waals surface area contributed by atoms with Gasteiger partial charge in [-0.15, -0.1) is 0 Å². The average molecular weight is 313 g/mol. The molecule has 1 aliphatic carbocycles. The summed E-state index contributed by atoms with van der Waals surface area (Å²) < 4.78 is 5.14. The molecule has 23 heavy (non-hydrogen) atoms. The van der Waals surface area contributed by atoms with Crippen LogP contribution in [0.4, 0.5) is 0 Å². The molecule has 1 fully saturated rings. The van der Waals surface area contributed by atoms with Crippen LogP contribution in [0.15, 0.2) is 21.5 Å². The molecule has 0 aromatic carbocycles. The van der Waals surface area contributed by atoms with Crippen molar-refractivity contribution in [2.24, 2.45) is 0 Å². The van der Waals surface area contributed by atoms with E-state index in [4.69, 9.17) is 4.52 Å². The number of nitrogens with zero attached hydrogens (tertiary/aromatic N) is 2. The number of hydrogen-bond acceptors (Lipinski definition) is 4. The van der Waals surface area contributed by atoms with Crippen LogP contribution in [-0.2, 0) is 12.8 Å². The van der Waals surface area contributed by atoms with E-state index < -0.39 is 0 Å². The number of carbonyl (C=O) groups excluding carboxylic acids is 1. The van der Waals surface area contributed by atoms with Gasteiger partial charge in [-0.1, -0.05) is 5.16 Å². The van der Waals surface area contributed by atoms with Gasteiger partial charge in [0.05, 0.1) is 6.04 Å². The molecule has 0 radical (unpaired) electrons.